The Morgan fingerprint density at radius 1 is 1.31 bits per heavy atom. The monoisotopic (exact) mass is 227 g/mol. The van der Waals surface area contributed by atoms with Crippen LogP contribution in [0.5, 0.6) is 0 Å². The topological polar surface area (TPSA) is 41.5 Å². The van der Waals surface area contributed by atoms with Crippen LogP contribution in [0.15, 0.2) is 0 Å². The summed E-state index contributed by atoms with van der Waals surface area (Å²) in [6, 6.07) is 0.343. The third-order valence-electron chi connectivity index (χ3n) is 3.81. The molecule has 3 heteroatoms. The molecule has 1 aliphatic heterocycles. The fourth-order valence-corrected chi connectivity index (χ4v) is 2.79. The fourth-order valence-electron chi connectivity index (χ4n) is 2.79. The maximum Gasteiger partial charge on any atom is 0.0787 e. The average molecular weight is 227 g/mol. The number of hydrogen-bond donors (Lipinski definition) is 2. The standard InChI is InChI=1S/C13H25NO2/c1-12(2)7-11(13(3,4)16-12)14-8-10(15)9-5-6-9/h9-11,14-15H,5-8H2,1-4H3. The van der Waals surface area contributed by atoms with Crippen molar-refractivity contribution in [1.82, 2.24) is 5.32 Å². The normalized spacial score (nSPS) is 33.9. The largest absolute Gasteiger partial charge is 0.392 e. The van der Waals surface area contributed by atoms with E-state index < -0.39 is 0 Å². The number of aliphatic hydroxyl groups is 1. The summed E-state index contributed by atoms with van der Waals surface area (Å²) in [5.74, 6) is 0.547. The lowest BCUT2D eigenvalue weighted by Gasteiger charge is -2.28. The quantitative estimate of drug-likeness (QED) is 0.768. The van der Waals surface area contributed by atoms with E-state index in [4.69, 9.17) is 4.74 Å². The van der Waals surface area contributed by atoms with Gasteiger partial charge in [-0.1, -0.05) is 0 Å². The maximum absolute atomic E-state index is 9.85. The lowest BCUT2D eigenvalue weighted by atomic mass is 9.94. The van der Waals surface area contributed by atoms with Gasteiger partial charge in [0.25, 0.3) is 0 Å². The van der Waals surface area contributed by atoms with Crippen LogP contribution in [-0.2, 0) is 4.74 Å². The van der Waals surface area contributed by atoms with Gasteiger partial charge in [-0.3, -0.25) is 0 Å². The Morgan fingerprint density at radius 2 is 1.94 bits per heavy atom. The predicted molar refractivity (Wildman–Crippen MR) is 64.4 cm³/mol. The van der Waals surface area contributed by atoms with Crippen molar-refractivity contribution in [2.24, 2.45) is 5.92 Å². The molecule has 2 N–H and O–H groups in total. The molecule has 1 saturated heterocycles. The lowest BCUT2D eigenvalue weighted by molar-refractivity contribution is -0.0702. The van der Waals surface area contributed by atoms with Crippen molar-refractivity contribution in [3.05, 3.63) is 0 Å². The second-order valence-corrected chi connectivity index (χ2v) is 6.53. The molecule has 16 heavy (non-hydrogen) atoms. The maximum atomic E-state index is 9.85. The van der Waals surface area contributed by atoms with Crippen LogP contribution >= 0.6 is 0 Å². The van der Waals surface area contributed by atoms with Gasteiger partial charge in [0.15, 0.2) is 0 Å². The minimum atomic E-state index is -0.167. The van der Waals surface area contributed by atoms with Crippen molar-refractivity contribution < 1.29 is 9.84 Å². The van der Waals surface area contributed by atoms with E-state index >= 15 is 0 Å². The molecule has 0 aromatic rings. The molecule has 0 aromatic carbocycles. The van der Waals surface area contributed by atoms with E-state index in [-0.39, 0.29) is 17.3 Å². The van der Waals surface area contributed by atoms with Crippen LogP contribution in [0.2, 0.25) is 0 Å². The van der Waals surface area contributed by atoms with Crippen LogP contribution in [0, 0.1) is 5.92 Å². The van der Waals surface area contributed by atoms with Gasteiger partial charge in [-0.05, 0) is 52.9 Å². The van der Waals surface area contributed by atoms with Crippen molar-refractivity contribution in [2.75, 3.05) is 6.54 Å². The Morgan fingerprint density at radius 3 is 2.38 bits per heavy atom. The molecule has 2 fully saturated rings. The zero-order valence-electron chi connectivity index (χ0n) is 10.9. The molecule has 2 unspecified atom stereocenters. The van der Waals surface area contributed by atoms with Gasteiger partial charge in [0.1, 0.15) is 0 Å². The molecular weight excluding hydrogens is 202 g/mol. The highest BCUT2D eigenvalue weighted by Gasteiger charge is 2.45. The van der Waals surface area contributed by atoms with Crippen LogP contribution in [0.3, 0.4) is 0 Å². The van der Waals surface area contributed by atoms with Gasteiger partial charge in [0.05, 0.1) is 17.3 Å². The van der Waals surface area contributed by atoms with E-state index in [0.717, 1.165) is 6.42 Å². The van der Waals surface area contributed by atoms with Crippen molar-refractivity contribution in [3.8, 4) is 0 Å². The van der Waals surface area contributed by atoms with Crippen LogP contribution < -0.4 is 5.32 Å². The lowest BCUT2D eigenvalue weighted by Crippen LogP contribution is -2.46. The van der Waals surface area contributed by atoms with Crippen LogP contribution in [0.25, 0.3) is 0 Å². The van der Waals surface area contributed by atoms with Gasteiger partial charge in [0.2, 0.25) is 0 Å². The predicted octanol–water partition coefficient (Wildman–Crippen LogP) is 1.69. The minimum absolute atomic E-state index is 0.0499. The third-order valence-corrected chi connectivity index (χ3v) is 3.81. The van der Waals surface area contributed by atoms with Crippen molar-refractivity contribution in [2.45, 2.75) is 70.3 Å². The fraction of sp³-hybridized carbons (Fsp3) is 1.00. The molecule has 0 spiro atoms. The van der Waals surface area contributed by atoms with Crippen molar-refractivity contribution in [3.63, 3.8) is 0 Å². The van der Waals surface area contributed by atoms with Crippen molar-refractivity contribution >= 4 is 0 Å². The number of hydrogen-bond acceptors (Lipinski definition) is 3. The number of nitrogens with one attached hydrogen (secondary N) is 1. The van der Waals surface area contributed by atoms with E-state index in [1.54, 1.807) is 0 Å². The molecule has 0 radical (unpaired) electrons. The van der Waals surface area contributed by atoms with Gasteiger partial charge in [-0.15, -0.1) is 0 Å². The molecule has 1 aliphatic carbocycles. The second-order valence-electron chi connectivity index (χ2n) is 6.53. The first-order valence-electron chi connectivity index (χ1n) is 6.42. The highest BCUT2D eigenvalue weighted by Crippen LogP contribution is 2.37. The third kappa shape index (κ3) is 2.76. The summed E-state index contributed by atoms with van der Waals surface area (Å²) in [4.78, 5) is 0. The van der Waals surface area contributed by atoms with Gasteiger partial charge >= 0.3 is 0 Å². The summed E-state index contributed by atoms with van der Waals surface area (Å²) >= 11 is 0. The van der Waals surface area contributed by atoms with E-state index in [1.165, 1.54) is 12.8 Å². The van der Waals surface area contributed by atoms with Gasteiger partial charge in [-0.25, -0.2) is 0 Å². The molecule has 0 aromatic heterocycles. The van der Waals surface area contributed by atoms with Crippen LogP contribution in [0.4, 0.5) is 0 Å². The Balaban J connectivity index is 1.84. The molecule has 2 aliphatic rings. The molecule has 0 bridgehead atoms. The SMILES string of the molecule is CC1(C)CC(NCC(O)C2CC2)C(C)(C)O1. The molecular formula is C13H25NO2. The number of rotatable bonds is 4. The van der Waals surface area contributed by atoms with Crippen molar-refractivity contribution in [1.29, 1.82) is 0 Å². The molecule has 0 amide bonds. The summed E-state index contributed by atoms with van der Waals surface area (Å²) in [6.07, 6.45) is 3.23. The van der Waals surface area contributed by atoms with E-state index in [1.807, 2.05) is 0 Å². The molecule has 94 valence electrons. The number of ether oxygens (including phenoxy) is 1. The first kappa shape index (κ1) is 12.3. The van der Waals surface area contributed by atoms with E-state index in [0.29, 0.717) is 18.5 Å². The Labute approximate surface area is 98.6 Å². The highest BCUT2D eigenvalue weighted by molar-refractivity contribution is 4.99. The molecule has 2 atom stereocenters. The molecule has 2 rings (SSSR count). The first-order valence-corrected chi connectivity index (χ1v) is 6.42. The van der Waals surface area contributed by atoms with Crippen LogP contribution in [0.1, 0.15) is 47.0 Å². The summed E-state index contributed by atoms with van der Waals surface area (Å²) in [6.45, 7) is 9.23. The zero-order valence-corrected chi connectivity index (χ0v) is 10.9. The highest BCUT2D eigenvalue weighted by atomic mass is 16.5. The molecule has 1 saturated carbocycles. The van der Waals surface area contributed by atoms with E-state index in [9.17, 15) is 5.11 Å². The first-order chi connectivity index (χ1) is 7.30. The molecule has 1 heterocycles. The van der Waals surface area contributed by atoms with Gasteiger partial charge in [0, 0.05) is 12.6 Å². The summed E-state index contributed by atoms with van der Waals surface area (Å²) in [7, 11) is 0. The zero-order chi connectivity index (χ0) is 12.0. The average Bonchev–Trinajstić information content (AvgIpc) is 2.89. The van der Waals surface area contributed by atoms with Crippen LogP contribution in [-0.4, -0.2) is 35.0 Å². The summed E-state index contributed by atoms with van der Waals surface area (Å²) < 4.78 is 6.01. The Kier molecular flexibility index (Phi) is 3.06. The summed E-state index contributed by atoms with van der Waals surface area (Å²) in [5.41, 5.74) is -0.182. The van der Waals surface area contributed by atoms with Gasteiger partial charge in [-0.2, -0.15) is 0 Å². The van der Waals surface area contributed by atoms with Gasteiger partial charge < -0.3 is 15.2 Å². The second kappa shape index (κ2) is 3.97. The number of aliphatic hydroxyl groups excluding tert-OH is 1. The summed E-state index contributed by atoms with van der Waals surface area (Å²) in [5, 5.41) is 13.3. The molecule has 3 nitrogen and oxygen atoms in total. The smallest absolute Gasteiger partial charge is 0.0787 e. The Bertz CT molecular complexity index is 259. The Hall–Kier alpha value is -0.120. The van der Waals surface area contributed by atoms with E-state index in [2.05, 4.69) is 33.0 Å². The minimum Gasteiger partial charge on any atom is -0.392 e.